The fourth-order valence-electron chi connectivity index (χ4n) is 2.98. The number of aryl methyl sites for hydroxylation is 1. The van der Waals surface area contributed by atoms with Crippen LogP contribution in [0, 0.1) is 0 Å². The second-order valence-electron chi connectivity index (χ2n) is 6.12. The zero-order valence-corrected chi connectivity index (χ0v) is 14.2. The van der Waals surface area contributed by atoms with Crippen molar-refractivity contribution in [1.82, 2.24) is 19.5 Å². The normalized spacial score (nSPS) is 12.0. The molecule has 0 unspecified atom stereocenters. The minimum Gasteiger partial charge on any atom is -0.369 e. The highest BCUT2D eigenvalue weighted by Gasteiger charge is 2.35. The molecule has 0 aliphatic heterocycles. The molecule has 0 spiro atoms. The zero-order chi connectivity index (χ0) is 18.9. The first-order valence-electron chi connectivity index (χ1n) is 8.50. The van der Waals surface area contributed by atoms with Crippen LogP contribution < -0.4 is 5.32 Å². The highest BCUT2D eigenvalue weighted by molar-refractivity contribution is 5.89. The molecule has 1 N–H and O–H groups in total. The minimum absolute atomic E-state index is 0.198. The van der Waals surface area contributed by atoms with Crippen LogP contribution in [0.3, 0.4) is 0 Å². The minimum atomic E-state index is -4.59. The standard InChI is InChI=1S/C19H16F3N5/c20-19(21,22)18-25-14-7-2-1-6-13(14)17(26-18)23-10-5-11-27-12-24-15-8-3-4-9-16(15)27/h1-4,6-9,12H,5,10-11H2,(H,23,25,26). The van der Waals surface area contributed by atoms with Crippen molar-refractivity contribution in [3.63, 3.8) is 0 Å². The van der Waals surface area contributed by atoms with Gasteiger partial charge in [-0.3, -0.25) is 0 Å². The number of halogens is 3. The van der Waals surface area contributed by atoms with E-state index in [9.17, 15) is 13.2 Å². The summed E-state index contributed by atoms with van der Waals surface area (Å²) in [6.45, 7) is 1.17. The number of alkyl halides is 3. The van der Waals surface area contributed by atoms with Gasteiger partial charge in [-0.15, -0.1) is 0 Å². The zero-order valence-electron chi connectivity index (χ0n) is 14.2. The van der Waals surface area contributed by atoms with Gasteiger partial charge in [0.2, 0.25) is 5.82 Å². The Hall–Kier alpha value is -3.16. The molecular formula is C19H16F3N5. The summed E-state index contributed by atoms with van der Waals surface area (Å²) in [6, 6.07) is 14.5. The second-order valence-corrected chi connectivity index (χ2v) is 6.12. The number of fused-ring (bicyclic) bond motifs is 2. The van der Waals surface area contributed by atoms with Crippen molar-refractivity contribution in [3.8, 4) is 0 Å². The van der Waals surface area contributed by atoms with Gasteiger partial charge in [0.15, 0.2) is 0 Å². The Balaban J connectivity index is 1.50. The van der Waals surface area contributed by atoms with Crippen LogP contribution in [-0.2, 0) is 12.7 Å². The van der Waals surface area contributed by atoms with Crippen LogP contribution in [0.4, 0.5) is 19.0 Å². The average Bonchev–Trinajstić information content (AvgIpc) is 3.07. The third-order valence-corrected chi connectivity index (χ3v) is 4.25. The molecule has 0 radical (unpaired) electrons. The molecule has 2 heterocycles. The average molecular weight is 371 g/mol. The first kappa shape index (κ1) is 17.3. The third-order valence-electron chi connectivity index (χ3n) is 4.25. The smallest absolute Gasteiger partial charge is 0.369 e. The number of nitrogens with one attached hydrogen (secondary N) is 1. The van der Waals surface area contributed by atoms with Crippen molar-refractivity contribution in [2.24, 2.45) is 0 Å². The lowest BCUT2D eigenvalue weighted by Gasteiger charge is -2.12. The van der Waals surface area contributed by atoms with Gasteiger partial charge in [-0.05, 0) is 30.7 Å². The van der Waals surface area contributed by atoms with E-state index in [2.05, 4.69) is 20.3 Å². The SMILES string of the molecule is FC(F)(F)c1nc(NCCCn2cnc3ccccc32)c2ccccc2n1. The van der Waals surface area contributed by atoms with Gasteiger partial charge in [-0.1, -0.05) is 24.3 Å². The summed E-state index contributed by atoms with van der Waals surface area (Å²) in [4.78, 5) is 11.6. The number of benzene rings is 2. The lowest BCUT2D eigenvalue weighted by Crippen LogP contribution is -2.14. The van der Waals surface area contributed by atoms with E-state index in [0.29, 0.717) is 24.9 Å². The summed E-state index contributed by atoms with van der Waals surface area (Å²) in [5.41, 5.74) is 2.22. The van der Waals surface area contributed by atoms with Crippen LogP contribution in [0.25, 0.3) is 21.9 Å². The molecule has 0 atom stereocenters. The number of para-hydroxylation sites is 3. The van der Waals surface area contributed by atoms with Gasteiger partial charge in [-0.25, -0.2) is 15.0 Å². The Labute approximate surface area is 152 Å². The predicted molar refractivity (Wildman–Crippen MR) is 97.4 cm³/mol. The van der Waals surface area contributed by atoms with E-state index >= 15 is 0 Å². The molecule has 0 aliphatic rings. The van der Waals surface area contributed by atoms with Gasteiger partial charge in [0, 0.05) is 18.5 Å². The Morgan fingerprint density at radius 2 is 1.67 bits per heavy atom. The molecule has 0 saturated heterocycles. The van der Waals surface area contributed by atoms with Gasteiger partial charge in [0.05, 0.1) is 22.9 Å². The second kappa shape index (κ2) is 6.86. The summed E-state index contributed by atoms with van der Waals surface area (Å²) in [7, 11) is 0. The molecular weight excluding hydrogens is 355 g/mol. The molecule has 8 heteroatoms. The van der Waals surface area contributed by atoms with Crippen LogP contribution in [-0.4, -0.2) is 26.1 Å². The van der Waals surface area contributed by atoms with Gasteiger partial charge in [0.25, 0.3) is 0 Å². The monoisotopic (exact) mass is 371 g/mol. The molecule has 0 fully saturated rings. The topological polar surface area (TPSA) is 55.6 Å². The summed E-state index contributed by atoms with van der Waals surface area (Å²) in [5.74, 6) is -0.937. The third kappa shape index (κ3) is 3.55. The van der Waals surface area contributed by atoms with E-state index in [4.69, 9.17) is 0 Å². The molecule has 0 amide bonds. The quantitative estimate of drug-likeness (QED) is 0.525. The van der Waals surface area contributed by atoms with Gasteiger partial charge >= 0.3 is 6.18 Å². The van der Waals surface area contributed by atoms with Crippen molar-refractivity contribution in [3.05, 3.63) is 60.7 Å². The van der Waals surface area contributed by atoms with Crippen molar-refractivity contribution < 1.29 is 13.2 Å². The Kier molecular flexibility index (Phi) is 4.39. The van der Waals surface area contributed by atoms with Gasteiger partial charge < -0.3 is 9.88 Å². The van der Waals surface area contributed by atoms with Crippen LogP contribution in [0.2, 0.25) is 0 Å². The molecule has 4 aromatic rings. The number of anilines is 1. The Bertz CT molecular complexity index is 1090. The summed E-state index contributed by atoms with van der Waals surface area (Å²) in [6.07, 6.45) is -2.11. The van der Waals surface area contributed by atoms with Crippen LogP contribution in [0.1, 0.15) is 12.2 Å². The molecule has 138 valence electrons. The molecule has 2 aromatic heterocycles. The Morgan fingerprint density at radius 3 is 2.48 bits per heavy atom. The van der Waals surface area contributed by atoms with E-state index in [1.807, 2.05) is 28.8 Å². The summed E-state index contributed by atoms with van der Waals surface area (Å²) in [5, 5.41) is 3.59. The fourth-order valence-corrected chi connectivity index (χ4v) is 2.98. The lowest BCUT2D eigenvalue weighted by molar-refractivity contribution is -0.144. The van der Waals surface area contributed by atoms with Crippen LogP contribution in [0.5, 0.6) is 0 Å². The number of hydrogen-bond donors (Lipinski definition) is 1. The lowest BCUT2D eigenvalue weighted by atomic mass is 10.2. The summed E-state index contributed by atoms with van der Waals surface area (Å²) < 4.78 is 41.2. The highest BCUT2D eigenvalue weighted by Crippen LogP contribution is 2.30. The van der Waals surface area contributed by atoms with Crippen molar-refractivity contribution in [2.75, 3.05) is 11.9 Å². The maximum atomic E-state index is 13.1. The maximum absolute atomic E-state index is 13.1. The van der Waals surface area contributed by atoms with Crippen molar-refractivity contribution >= 4 is 27.8 Å². The molecule has 0 saturated carbocycles. The van der Waals surface area contributed by atoms with Crippen LogP contribution >= 0.6 is 0 Å². The largest absolute Gasteiger partial charge is 0.451 e. The van der Waals surface area contributed by atoms with E-state index in [0.717, 1.165) is 11.0 Å². The van der Waals surface area contributed by atoms with Gasteiger partial charge in [0.1, 0.15) is 5.82 Å². The summed E-state index contributed by atoms with van der Waals surface area (Å²) >= 11 is 0. The van der Waals surface area contributed by atoms with E-state index in [1.54, 1.807) is 30.6 Å². The highest BCUT2D eigenvalue weighted by atomic mass is 19.4. The number of hydrogen-bond acceptors (Lipinski definition) is 4. The van der Waals surface area contributed by atoms with Gasteiger partial charge in [-0.2, -0.15) is 13.2 Å². The number of nitrogens with zero attached hydrogens (tertiary/aromatic N) is 4. The molecule has 4 rings (SSSR count). The predicted octanol–water partition coefficient (Wildman–Crippen LogP) is 4.50. The number of aromatic nitrogens is 4. The van der Waals surface area contributed by atoms with Crippen LogP contribution in [0.15, 0.2) is 54.9 Å². The molecule has 0 bridgehead atoms. The first-order valence-corrected chi connectivity index (χ1v) is 8.50. The number of rotatable bonds is 5. The first-order chi connectivity index (χ1) is 13.0. The van der Waals surface area contributed by atoms with E-state index in [-0.39, 0.29) is 11.3 Å². The van der Waals surface area contributed by atoms with Crippen molar-refractivity contribution in [2.45, 2.75) is 19.1 Å². The molecule has 2 aromatic carbocycles. The maximum Gasteiger partial charge on any atom is 0.451 e. The Morgan fingerprint density at radius 1 is 0.926 bits per heavy atom. The fraction of sp³-hybridized carbons (Fsp3) is 0.211. The van der Waals surface area contributed by atoms with E-state index < -0.39 is 12.0 Å². The molecule has 5 nitrogen and oxygen atoms in total. The van der Waals surface area contributed by atoms with E-state index in [1.165, 1.54) is 0 Å². The molecule has 0 aliphatic carbocycles. The van der Waals surface area contributed by atoms with Crippen molar-refractivity contribution in [1.29, 1.82) is 0 Å². The number of imidazole rings is 1. The molecule has 27 heavy (non-hydrogen) atoms.